The van der Waals surface area contributed by atoms with E-state index in [4.69, 9.17) is 5.73 Å². The quantitative estimate of drug-likeness (QED) is 0.541. The molecule has 21 heavy (non-hydrogen) atoms. The molecule has 0 fully saturated rings. The molecule has 4 aromatic rings. The third-order valence-corrected chi connectivity index (χ3v) is 3.83. The van der Waals surface area contributed by atoms with Gasteiger partial charge in [0, 0.05) is 16.6 Å². The molecular weight excluding hydrogens is 260 g/mol. The largest absolute Gasteiger partial charge is 0.398 e. The van der Waals surface area contributed by atoms with Gasteiger partial charge in [-0.3, -0.25) is 0 Å². The van der Waals surface area contributed by atoms with Crippen LogP contribution in [0, 0.1) is 6.92 Å². The average Bonchev–Trinajstić information content (AvgIpc) is 2.95. The molecule has 0 saturated carbocycles. The number of nitrogens with zero attached hydrogens (tertiary/aromatic N) is 3. The minimum Gasteiger partial charge on any atom is -0.398 e. The fraction of sp³-hybridized carbons (Fsp3) is 0.0588. The van der Waals surface area contributed by atoms with E-state index in [2.05, 4.69) is 28.4 Å². The average molecular weight is 274 g/mol. The van der Waals surface area contributed by atoms with E-state index >= 15 is 0 Å². The molecule has 0 spiro atoms. The van der Waals surface area contributed by atoms with Crippen LogP contribution in [-0.4, -0.2) is 15.0 Å². The van der Waals surface area contributed by atoms with Crippen molar-refractivity contribution in [1.82, 2.24) is 15.0 Å². The molecule has 0 aliphatic heterocycles. The first-order valence-electron chi connectivity index (χ1n) is 6.84. The summed E-state index contributed by atoms with van der Waals surface area (Å²) in [6.45, 7) is 1.97. The SMILES string of the molecule is Cc1c(N)ccc2nn(-c3cccc4ccccc34)nc12. The molecule has 0 atom stereocenters. The number of fused-ring (bicyclic) bond motifs is 2. The number of aromatic nitrogens is 3. The third-order valence-electron chi connectivity index (χ3n) is 3.83. The standard InChI is InChI=1S/C17H14N4/c1-11-14(18)9-10-15-17(11)20-21(19-15)16-8-4-6-12-5-2-3-7-13(12)16/h2-10H,18H2,1H3. The van der Waals surface area contributed by atoms with Crippen LogP contribution in [0.25, 0.3) is 27.5 Å². The van der Waals surface area contributed by atoms with Crippen LogP contribution in [0.3, 0.4) is 0 Å². The minimum atomic E-state index is 0.743. The molecule has 2 N–H and O–H groups in total. The zero-order valence-electron chi connectivity index (χ0n) is 11.6. The van der Waals surface area contributed by atoms with Crippen LogP contribution in [0.4, 0.5) is 5.69 Å². The molecule has 3 aromatic carbocycles. The number of rotatable bonds is 1. The maximum atomic E-state index is 5.95. The number of anilines is 1. The van der Waals surface area contributed by atoms with Crippen molar-refractivity contribution < 1.29 is 0 Å². The van der Waals surface area contributed by atoms with Gasteiger partial charge in [-0.1, -0.05) is 36.4 Å². The minimum absolute atomic E-state index is 0.743. The van der Waals surface area contributed by atoms with E-state index in [9.17, 15) is 0 Å². The molecule has 4 heteroatoms. The van der Waals surface area contributed by atoms with E-state index in [0.717, 1.165) is 33.4 Å². The van der Waals surface area contributed by atoms with Crippen molar-refractivity contribution in [2.75, 3.05) is 5.73 Å². The van der Waals surface area contributed by atoms with Gasteiger partial charge < -0.3 is 5.73 Å². The summed E-state index contributed by atoms with van der Waals surface area (Å²) in [4.78, 5) is 1.69. The Labute approximate surface area is 121 Å². The van der Waals surface area contributed by atoms with Gasteiger partial charge in [-0.05, 0) is 30.5 Å². The van der Waals surface area contributed by atoms with E-state index in [-0.39, 0.29) is 0 Å². The van der Waals surface area contributed by atoms with Crippen molar-refractivity contribution in [3.8, 4) is 5.69 Å². The Morgan fingerprint density at radius 2 is 1.71 bits per heavy atom. The summed E-state index contributed by atoms with van der Waals surface area (Å²) in [6.07, 6.45) is 0. The molecule has 0 aliphatic carbocycles. The van der Waals surface area contributed by atoms with Gasteiger partial charge in [-0.25, -0.2) is 0 Å². The van der Waals surface area contributed by atoms with E-state index < -0.39 is 0 Å². The molecule has 4 rings (SSSR count). The normalized spacial score (nSPS) is 11.3. The monoisotopic (exact) mass is 274 g/mol. The second-order valence-electron chi connectivity index (χ2n) is 5.14. The summed E-state index contributed by atoms with van der Waals surface area (Å²) in [6, 6.07) is 18.2. The van der Waals surface area contributed by atoms with Crippen molar-refractivity contribution in [2.45, 2.75) is 6.92 Å². The van der Waals surface area contributed by atoms with Gasteiger partial charge >= 0.3 is 0 Å². The van der Waals surface area contributed by atoms with Crippen molar-refractivity contribution in [3.05, 3.63) is 60.2 Å². The highest BCUT2D eigenvalue weighted by molar-refractivity contribution is 5.90. The predicted molar refractivity (Wildman–Crippen MR) is 85.5 cm³/mol. The molecule has 0 bridgehead atoms. The van der Waals surface area contributed by atoms with Crippen LogP contribution in [0.5, 0.6) is 0 Å². The fourth-order valence-corrected chi connectivity index (χ4v) is 2.62. The summed E-state index contributed by atoms with van der Waals surface area (Å²) >= 11 is 0. The lowest BCUT2D eigenvalue weighted by atomic mass is 10.1. The van der Waals surface area contributed by atoms with Crippen LogP contribution < -0.4 is 5.73 Å². The zero-order chi connectivity index (χ0) is 14.4. The van der Waals surface area contributed by atoms with Crippen molar-refractivity contribution in [2.24, 2.45) is 0 Å². The lowest BCUT2D eigenvalue weighted by Gasteiger charge is -2.04. The number of hydrogen-bond acceptors (Lipinski definition) is 3. The van der Waals surface area contributed by atoms with Gasteiger partial charge in [0.15, 0.2) is 0 Å². The summed E-state index contributed by atoms with van der Waals surface area (Å²) in [5, 5.41) is 11.5. The Morgan fingerprint density at radius 1 is 0.905 bits per heavy atom. The van der Waals surface area contributed by atoms with Crippen LogP contribution in [0.15, 0.2) is 54.6 Å². The molecule has 0 radical (unpaired) electrons. The topological polar surface area (TPSA) is 56.7 Å². The van der Waals surface area contributed by atoms with Crippen LogP contribution in [0.1, 0.15) is 5.56 Å². The van der Waals surface area contributed by atoms with Crippen LogP contribution >= 0.6 is 0 Å². The molecular formula is C17H14N4. The lowest BCUT2D eigenvalue weighted by Crippen LogP contribution is -1.99. The molecule has 102 valence electrons. The zero-order valence-corrected chi connectivity index (χ0v) is 11.6. The highest BCUT2D eigenvalue weighted by atomic mass is 15.5. The Hall–Kier alpha value is -2.88. The Kier molecular flexibility index (Phi) is 2.44. The number of benzene rings is 3. The first-order valence-corrected chi connectivity index (χ1v) is 6.84. The van der Waals surface area contributed by atoms with Gasteiger partial charge in [0.25, 0.3) is 0 Å². The molecule has 0 amide bonds. The molecule has 0 unspecified atom stereocenters. The summed E-state index contributed by atoms with van der Waals surface area (Å²) in [5.74, 6) is 0. The summed E-state index contributed by atoms with van der Waals surface area (Å²) < 4.78 is 0. The van der Waals surface area contributed by atoms with Gasteiger partial charge in [-0.2, -0.15) is 0 Å². The number of hydrogen-bond donors (Lipinski definition) is 1. The van der Waals surface area contributed by atoms with E-state index in [1.165, 1.54) is 5.39 Å². The number of nitrogen functional groups attached to an aromatic ring is 1. The lowest BCUT2D eigenvalue weighted by molar-refractivity contribution is 0.771. The smallest absolute Gasteiger partial charge is 0.118 e. The number of nitrogens with two attached hydrogens (primary N) is 1. The Balaban J connectivity index is 2.03. The van der Waals surface area contributed by atoms with Gasteiger partial charge in [0.05, 0.1) is 5.69 Å². The van der Waals surface area contributed by atoms with Crippen LogP contribution in [-0.2, 0) is 0 Å². The van der Waals surface area contributed by atoms with E-state index in [1.54, 1.807) is 4.80 Å². The third kappa shape index (κ3) is 1.76. The fourth-order valence-electron chi connectivity index (χ4n) is 2.62. The van der Waals surface area contributed by atoms with Gasteiger partial charge in [0.2, 0.25) is 0 Å². The maximum absolute atomic E-state index is 5.95. The van der Waals surface area contributed by atoms with E-state index in [1.807, 2.05) is 43.3 Å². The molecule has 1 heterocycles. The van der Waals surface area contributed by atoms with Crippen LogP contribution in [0.2, 0.25) is 0 Å². The highest BCUT2D eigenvalue weighted by Crippen LogP contribution is 2.24. The molecule has 1 aromatic heterocycles. The second kappa shape index (κ2) is 4.31. The Bertz CT molecular complexity index is 964. The summed E-state index contributed by atoms with van der Waals surface area (Å²) in [5.41, 5.74) is 10.3. The second-order valence-corrected chi connectivity index (χ2v) is 5.14. The summed E-state index contributed by atoms with van der Waals surface area (Å²) in [7, 11) is 0. The van der Waals surface area contributed by atoms with Gasteiger partial charge in [0.1, 0.15) is 11.0 Å². The first kappa shape index (κ1) is 11.9. The predicted octanol–water partition coefficient (Wildman–Crippen LogP) is 3.46. The van der Waals surface area contributed by atoms with Crippen molar-refractivity contribution in [3.63, 3.8) is 0 Å². The Morgan fingerprint density at radius 3 is 2.62 bits per heavy atom. The van der Waals surface area contributed by atoms with Crippen molar-refractivity contribution in [1.29, 1.82) is 0 Å². The maximum Gasteiger partial charge on any atom is 0.118 e. The van der Waals surface area contributed by atoms with E-state index in [0.29, 0.717) is 0 Å². The molecule has 4 nitrogen and oxygen atoms in total. The molecule has 0 saturated heterocycles. The number of aryl methyl sites for hydroxylation is 1. The van der Waals surface area contributed by atoms with Gasteiger partial charge in [-0.15, -0.1) is 15.0 Å². The molecule has 0 aliphatic rings. The first-order chi connectivity index (χ1) is 10.2. The highest BCUT2D eigenvalue weighted by Gasteiger charge is 2.10. The van der Waals surface area contributed by atoms with Crippen molar-refractivity contribution >= 4 is 27.5 Å².